The Bertz CT molecular complexity index is 1280. The lowest BCUT2D eigenvalue weighted by Gasteiger charge is -2.15. The molecule has 34 heavy (non-hydrogen) atoms. The lowest BCUT2D eigenvalue weighted by atomic mass is 9.98. The quantitative estimate of drug-likeness (QED) is 0.285. The smallest absolute Gasteiger partial charge is 0.348 e. The molecule has 0 spiro atoms. The van der Waals surface area contributed by atoms with Gasteiger partial charge in [0.05, 0.1) is 26.7 Å². The summed E-state index contributed by atoms with van der Waals surface area (Å²) in [7, 11) is -3.49. The Balaban J connectivity index is 1.89. The number of sulfone groups is 1. The van der Waals surface area contributed by atoms with Crippen molar-refractivity contribution in [2.45, 2.75) is 25.1 Å². The fraction of sp³-hybridized carbons (Fsp3) is 0.273. The largest absolute Gasteiger partial charge is 0.417 e. The van der Waals surface area contributed by atoms with E-state index in [1.165, 1.54) is 18.2 Å². The van der Waals surface area contributed by atoms with Crippen molar-refractivity contribution >= 4 is 61.9 Å². The Morgan fingerprint density at radius 2 is 1.71 bits per heavy atom. The zero-order valence-corrected chi connectivity index (χ0v) is 20.6. The van der Waals surface area contributed by atoms with E-state index >= 15 is 0 Å². The van der Waals surface area contributed by atoms with Crippen LogP contribution in [0.5, 0.6) is 0 Å². The maximum atomic E-state index is 13.7. The summed E-state index contributed by atoms with van der Waals surface area (Å²) in [4.78, 5) is 24.7. The van der Waals surface area contributed by atoms with Gasteiger partial charge < -0.3 is 5.32 Å². The van der Waals surface area contributed by atoms with Crippen molar-refractivity contribution < 1.29 is 31.2 Å². The van der Waals surface area contributed by atoms with Crippen molar-refractivity contribution in [3.63, 3.8) is 0 Å². The van der Waals surface area contributed by atoms with Crippen LogP contribution in [-0.2, 0) is 21.1 Å². The van der Waals surface area contributed by atoms with Gasteiger partial charge in [-0.3, -0.25) is 9.59 Å². The maximum absolute atomic E-state index is 13.7. The molecule has 0 aromatic heterocycles. The lowest BCUT2D eigenvalue weighted by Crippen LogP contribution is -2.32. The first kappa shape index (κ1) is 26.5. The number of fused-ring (bicyclic) bond motifs is 1. The molecule has 2 aromatic carbocycles. The van der Waals surface area contributed by atoms with Crippen LogP contribution in [0.15, 0.2) is 36.4 Å². The van der Waals surface area contributed by atoms with Crippen molar-refractivity contribution in [1.82, 2.24) is 5.32 Å². The molecule has 1 unspecified atom stereocenters. The van der Waals surface area contributed by atoms with E-state index in [4.69, 9.17) is 34.8 Å². The summed E-state index contributed by atoms with van der Waals surface area (Å²) in [5.41, 5.74) is -0.265. The first-order valence-electron chi connectivity index (χ1n) is 9.74. The van der Waals surface area contributed by atoms with Gasteiger partial charge in [-0.2, -0.15) is 13.2 Å². The Morgan fingerprint density at radius 3 is 2.26 bits per heavy atom. The number of alkyl halides is 3. The number of halogens is 6. The topological polar surface area (TPSA) is 80.3 Å². The van der Waals surface area contributed by atoms with Gasteiger partial charge in [-0.25, -0.2) is 8.42 Å². The standard InChI is InChI=1S/C22H17Cl3F3NO4S/c1-34(32,33)10-20(31)29-18-5-3-11-6-12(2-4-14(11)18)19(30)9-15(22(26,27)28)13-7-16(23)21(25)17(24)8-13/h2,4,6-9,18H,3,5,10H2,1H3,(H,29,31)/b15-9+. The summed E-state index contributed by atoms with van der Waals surface area (Å²) < 4.78 is 63.8. The first-order chi connectivity index (χ1) is 15.7. The average Bonchev–Trinajstić information content (AvgIpc) is 3.09. The summed E-state index contributed by atoms with van der Waals surface area (Å²) in [5, 5.41) is 2.16. The van der Waals surface area contributed by atoms with Crippen LogP contribution >= 0.6 is 34.8 Å². The van der Waals surface area contributed by atoms with Crippen molar-refractivity contribution in [2.24, 2.45) is 0 Å². The van der Waals surface area contributed by atoms with Crippen molar-refractivity contribution in [1.29, 1.82) is 0 Å². The highest BCUT2D eigenvalue weighted by Crippen LogP contribution is 2.40. The number of nitrogens with one attached hydrogen (secondary N) is 1. The second kappa shape index (κ2) is 9.89. The molecule has 5 nitrogen and oxygen atoms in total. The Labute approximate surface area is 208 Å². The first-order valence-corrected chi connectivity index (χ1v) is 12.9. The van der Waals surface area contributed by atoms with E-state index in [-0.39, 0.29) is 20.6 Å². The molecule has 1 aliphatic carbocycles. The molecule has 0 saturated carbocycles. The Kier molecular flexibility index (Phi) is 7.72. The number of hydrogen-bond donors (Lipinski definition) is 1. The van der Waals surface area contributed by atoms with E-state index in [2.05, 4.69) is 5.32 Å². The SMILES string of the molecule is CS(=O)(=O)CC(=O)NC1CCc2cc(C(=O)/C=C(\c3cc(Cl)c(Cl)c(Cl)c3)C(F)(F)F)ccc21. The third kappa shape index (κ3) is 6.33. The molecular formula is C22H17Cl3F3NO4S. The van der Waals surface area contributed by atoms with Crippen LogP contribution in [-0.4, -0.2) is 38.3 Å². The van der Waals surface area contributed by atoms with E-state index < -0.39 is 50.6 Å². The number of benzene rings is 2. The minimum absolute atomic E-state index is 0.0229. The zero-order valence-electron chi connectivity index (χ0n) is 17.5. The van der Waals surface area contributed by atoms with E-state index in [0.29, 0.717) is 30.0 Å². The van der Waals surface area contributed by atoms with Crippen molar-refractivity contribution in [3.8, 4) is 0 Å². The molecule has 2 aromatic rings. The third-order valence-electron chi connectivity index (χ3n) is 5.11. The maximum Gasteiger partial charge on any atom is 0.417 e. The van der Waals surface area contributed by atoms with Gasteiger partial charge in [0.25, 0.3) is 0 Å². The molecular weight excluding hydrogens is 538 g/mol. The molecule has 0 radical (unpaired) electrons. The number of amides is 1. The average molecular weight is 555 g/mol. The number of carbonyl (C=O) groups excluding carboxylic acids is 2. The summed E-state index contributed by atoms with van der Waals surface area (Å²) in [6.07, 6.45) is -2.53. The van der Waals surface area contributed by atoms with E-state index in [1.54, 1.807) is 0 Å². The number of allylic oxidation sites excluding steroid dienone is 2. The minimum atomic E-state index is -4.87. The summed E-state index contributed by atoms with van der Waals surface area (Å²) in [5.74, 6) is -2.19. The number of hydrogen-bond acceptors (Lipinski definition) is 4. The zero-order chi connectivity index (χ0) is 25.4. The normalized spacial score (nSPS) is 16.3. The van der Waals surface area contributed by atoms with Gasteiger partial charge in [0.2, 0.25) is 5.91 Å². The van der Waals surface area contributed by atoms with Crippen LogP contribution in [0.3, 0.4) is 0 Å². The monoisotopic (exact) mass is 553 g/mol. The Hall–Kier alpha value is -2.07. The Morgan fingerprint density at radius 1 is 1.09 bits per heavy atom. The number of rotatable bonds is 6. The molecule has 0 heterocycles. The summed E-state index contributed by atoms with van der Waals surface area (Å²) >= 11 is 17.5. The number of aryl methyl sites for hydroxylation is 1. The molecule has 1 N–H and O–H groups in total. The van der Waals surface area contributed by atoms with Gasteiger partial charge in [0.1, 0.15) is 5.75 Å². The molecule has 1 atom stereocenters. The highest BCUT2D eigenvalue weighted by Gasteiger charge is 2.36. The molecule has 1 aliphatic rings. The van der Waals surface area contributed by atoms with E-state index in [1.807, 2.05) is 0 Å². The minimum Gasteiger partial charge on any atom is -0.348 e. The van der Waals surface area contributed by atoms with Crippen LogP contribution in [0, 0.1) is 0 Å². The molecule has 3 rings (SSSR count). The van der Waals surface area contributed by atoms with Crippen LogP contribution in [0.2, 0.25) is 15.1 Å². The summed E-state index contributed by atoms with van der Waals surface area (Å²) in [6.45, 7) is 0. The van der Waals surface area contributed by atoms with Gasteiger partial charge in [-0.1, -0.05) is 46.9 Å². The van der Waals surface area contributed by atoms with Crippen molar-refractivity contribution in [2.75, 3.05) is 12.0 Å². The second-order valence-electron chi connectivity index (χ2n) is 7.82. The van der Waals surface area contributed by atoms with Gasteiger partial charge in [0, 0.05) is 11.8 Å². The number of ketones is 1. The van der Waals surface area contributed by atoms with Crippen LogP contribution < -0.4 is 5.32 Å². The molecule has 182 valence electrons. The third-order valence-corrected chi connectivity index (χ3v) is 7.09. The molecule has 1 amide bonds. The molecule has 0 saturated heterocycles. The van der Waals surface area contributed by atoms with Crippen LogP contribution in [0.1, 0.15) is 39.5 Å². The lowest BCUT2D eigenvalue weighted by molar-refractivity contribution is -0.119. The van der Waals surface area contributed by atoms with Crippen LogP contribution in [0.4, 0.5) is 13.2 Å². The fourth-order valence-electron chi connectivity index (χ4n) is 3.65. The predicted molar refractivity (Wildman–Crippen MR) is 125 cm³/mol. The van der Waals surface area contributed by atoms with E-state index in [0.717, 1.165) is 18.4 Å². The van der Waals surface area contributed by atoms with Crippen molar-refractivity contribution in [3.05, 3.63) is 73.7 Å². The fourth-order valence-corrected chi connectivity index (χ4v) is 4.80. The molecule has 0 fully saturated rings. The number of carbonyl (C=O) groups is 2. The highest BCUT2D eigenvalue weighted by molar-refractivity contribution is 7.91. The van der Waals surface area contributed by atoms with Crippen LogP contribution in [0.25, 0.3) is 5.57 Å². The molecule has 0 bridgehead atoms. The highest BCUT2D eigenvalue weighted by atomic mass is 35.5. The summed E-state index contributed by atoms with van der Waals surface area (Å²) in [6, 6.07) is 5.87. The van der Waals surface area contributed by atoms with Gasteiger partial charge in [-0.05, 0) is 53.8 Å². The van der Waals surface area contributed by atoms with Gasteiger partial charge in [0.15, 0.2) is 15.6 Å². The van der Waals surface area contributed by atoms with Gasteiger partial charge >= 0.3 is 6.18 Å². The van der Waals surface area contributed by atoms with E-state index in [9.17, 15) is 31.2 Å². The van der Waals surface area contributed by atoms with Gasteiger partial charge in [-0.15, -0.1) is 0 Å². The molecule has 0 aliphatic heterocycles. The second-order valence-corrected chi connectivity index (χ2v) is 11.1. The molecule has 12 heteroatoms. The predicted octanol–water partition coefficient (Wildman–Crippen LogP) is 5.62.